The van der Waals surface area contributed by atoms with Gasteiger partial charge in [0, 0.05) is 12.8 Å². The van der Waals surface area contributed by atoms with E-state index in [9.17, 15) is 39.6 Å². The molecule has 0 radical (unpaired) electrons. The zero-order valence-corrected chi connectivity index (χ0v) is 35.1. The van der Waals surface area contributed by atoms with Crippen molar-refractivity contribution in [2.45, 2.75) is 244 Å². The van der Waals surface area contributed by atoms with E-state index >= 15 is 0 Å². The molecular weight excluding hydrogens is 657 g/mol. The molecule has 0 fully saturated rings. The van der Waals surface area contributed by atoms with Crippen LogP contribution in [0.1, 0.15) is 233 Å². The molecule has 0 aliphatic carbocycles. The van der Waals surface area contributed by atoms with E-state index in [4.69, 9.17) is 0 Å². The van der Waals surface area contributed by atoms with E-state index in [1.807, 2.05) is 0 Å². The fraction of sp³-hybridized carbons (Fsp3) is 0.905. The molecule has 0 aromatic rings. The van der Waals surface area contributed by atoms with E-state index in [0.29, 0.717) is 12.8 Å². The van der Waals surface area contributed by atoms with Crippen LogP contribution in [0.25, 0.3) is 0 Å². The second kappa shape index (κ2) is 37.3. The third-order valence-corrected chi connectivity index (χ3v) is 9.90. The van der Waals surface area contributed by atoms with Crippen LogP contribution in [0.5, 0.6) is 0 Å². The van der Waals surface area contributed by atoms with Crippen molar-refractivity contribution in [1.82, 2.24) is 0 Å². The Labute approximate surface area is 329 Å². The molecule has 51 heavy (non-hydrogen) atoms. The SMILES string of the molecule is CCCCCCCCCCCCCCCCCC(=O)C(C)(O)C(=O)[O-].CCCCCCCCCCCCCCCCCC(=O)C(C)(O)C(=O)[O-].[Mg+2]. The smallest absolute Gasteiger partial charge is 0.547 e. The van der Waals surface area contributed by atoms with E-state index in [1.54, 1.807) is 0 Å². The molecule has 0 spiro atoms. The van der Waals surface area contributed by atoms with Gasteiger partial charge >= 0.3 is 23.1 Å². The molecule has 0 aromatic heterocycles. The summed E-state index contributed by atoms with van der Waals surface area (Å²) in [6.07, 6.45) is 37.4. The molecule has 0 amide bonds. The summed E-state index contributed by atoms with van der Waals surface area (Å²) in [6, 6.07) is 0. The van der Waals surface area contributed by atoms with Crippen molar-refractivity contribution in [3.05, 3.63) is 0 Å². The van der Waals surface area contributed by atoms with E-state index in [0.717, 1.165) is 39.5 Å². The van der Waals surface area contributed by atoms with Gasteiger partial charge in [-0.1, -0.05) is 194 Å². The number of carboxylic acid groups (broad SMARTS) is 2. The van der Waals surface area contributed by atoms with Crippen molar-refractivity contribution >= 4 is 46.6 Å². The van der Waals surface area contributed by atoms with Gasteiger partial charge in [-0.05, 0) is 26.7 Å². The Balaban J connectivity index is -0.000000886. The number of rotatable bonds is 36. The number of ketones is 2. The van der Waals surface area contributed by atoms with Crippen molar-refractivity contribution < 1.29 is 39.6 Å². The van der Waals surface area contributed by atoms with Crippen LogP contribution in [-0.2, 0) is 19.2 Å². The maximum absolute atomic E-state index is 11.6. The van der Waals surface area contributed by atoms with Crippen molar-refractivity contribution in [3.8, 4) is 0 Å². The maximum Gasteiger partial charge on any atom is 2.00 e. The Hall–Kier alpha value is -1.03. The van der Waals surface area contributed by atoms with E-state index in [2.05, 4.69) is 13.8 Å². The largest absolute Gasteiger partial charge is 2.00 e. The van der Waals surface area contributed by atoms with Crippen molar-refractivity contribution in [2.24, 2.45) is 0 Å². The van der Waals surface area contributed by atoms with Crippen LogP contribution in [0.3, 0.4) is 0 Å². The molecule has 0 aliphatic rings. The molecule has 2 N–H and O–H groups in total. The first kappa shape index (κ1) is 54.3. The van der Waals surface area contributed by atoms with E-state index in [-0.39, 0.29) is 35.9 Å². The van der Waals surface area contributed by atoms with Gasteiger partial charge in [-0.25, -0.2) is 0 Å². The van der Waals surface area contributed by atoms with Gasteiger partial charge in [-0.3, -0.25) is 9.59 Å². The molecule has 9 heteroatoms. The normalized spacial score (nSPS) is 13.3. The minimum atomic E-state index is -2.34. The van der Waals surface area contributed by atoms with Gasteiger partial charge in [-0.2, -0.15) is 0 Å². The molecule has 0 rings (SSSR count). The summed E-state index contributed by atoms with van der Waals surface area (Å²) in [5.41, 5.74) is -4.67. The third-order valence-electron chi connectivity index (χ3n) is 9.90. The summed E-state index contributed by atoms with van der Waals surface area (Å²) in [4.78, 5) is 44.4. The number of hydrogen-bond donors (Lipinski definition) is 2. The first-order valence-corrected chi connectivity index (χ1v) is 20.8. The van der Waals surface area contributed by atoms with Crippen LogP contribution in [0, 0.1) is 0 Å². The van der Waals surface area contributed by atoms with Crippen molar-refractivity contribution in [2.75, 3.05) is 0 Å². The fourth-order valence-corrected chi connectivity index (χ4v) is 6.03. The number of hydrogen-bond acceptors (Lipinski definition) is 8. The van der Waals surface area contributed by atoms with Gasteiger partial charge in [0.1, 0.15) is 0 Å². The van der Waals surface area contributed by atoms with Crippen LogP contribution in [-0.4, -0.2) is 68.0 Å². The summed E-state index contributed by atoms with van der Waals surface area (Å²) in [5.74, 6) is -4.72. The monoisotopic (exact) mass is 735 g/mol. The van der Waals surface area contributed by atoms with Crippen LogP contribution in [0.2, 0.25) is 0 Å². The number of carboxylic acids is 2. The predicted molar refractivity (Wildman–Crippen MR) is 206 cm³/mol. The molecule has 0 aromatic carbocycles. The minimum Gasteiger partial charge on any atom is -0.547 e. The molecule has 2 unspecified atom stereocenters. The summed E-state index contributed by atoms with van der Waals surface area (Å²) in [5, 5.41) is 40.2. The van der Waals surface area contributed by atoms with Gasteiger partial charge in [0.05, 0.1) is 11.9 Å². The van der Waals surface area contributed by atoms with Gasteiger partial charge in [-0.15, -0.1) is 0 Å². The third kappa shape index (κ3) is 33.3. The average Bonchev–Trinajstić information content (AvgIpc) is 3.08. The topological polar surface area (TPSA) is 155 Å². The molecule has 2 atom stereocenters. The first-order valence-electron chi connectivity index (χ1n) is 20.8. The van der Waals surface area contributed by atoms with Gasteiger partial charge in [0.2, 0.25) is 0 Å². The predicted octanol–water partition coefficient (Wildman–Crippen LogP) is 8.26. The number of carbonyl (C=O) groups excluding carboxylic acids is 4. The number of Topliss-reactive ketones (excluding diaryl/α,β-unsaturated/α-hetero) is 2. The van der Waals surface area contributed by atoms with Gasteiger partial charge < -0.3 is 30.0 Å². The second-order valence-electron chi connectivity index (χ2n) is 15.0. The van der Waals surface area contributed by atoms with Gasteiger partial charge in [0.15, 0.2) is 22.8 Å². The molecule has 0 bridgehead atoms. The van der Waals surface area contributed by atoms with Crippen LogP contribution < -0.4 is 10.2 Å². The van der Waals surface area contributed by atoms with Crippen LogP contribution in [0.4, 0.5) is 0 Å². The van der Waals surface area contributed by atoms with Crippen molar-refractivity contribution in [1.29, 1.82) is 0 Å². The molecular formula is C42H78MgO8. The second-order valence-corrected chi connectivity index (χ2v) is 15.0. The summed E-state index contributed by atoms with van der Waals surface area (Å²) < 4.78 is 0. The average molecular weight is 735 g/mol. The molecule has 296 valence electrons. The van der Waals surface area contributed by atoms with Crippen molar-refractivity contribution in [3.63, 3.8) is 0 Å². The fourth-order valence-electron chi connectivity index (χ4n) is 6.03. The minimum absolute atomic E-state index is 0. The molecule has 0 saturated carbocycles. The molecule has 0 saturated heterocycles. The Morgan fingerprint density at radius 2 is 0.529 bits per heavy atom. The Kier molecular flexibility index (Phi) is 39.7. The van der Waals surface area contributed by atoms with Gasteiger partial charge in [0.25, 0.3) is 0 Å². The number of aliphatic hydroxyl groups is 2. The number of aliphatic carboxylic acids is 2. The Morgan fingerprint density at radius 1 is 0.373 bits per heavy atom. The molecule has 8 nitrogen and oxygen atoms in total. The summed E-state index contributed by atoms with van der Waals surface area (Å²) in [6.45, 7) is 6.49. The quantitative estimate of drug-likeness (QED) is 0.0370. The Morgan fingerprint density at radius 3 is 0.686 bits per heavy atom. The van der Waals surface area contributed by atoms with E-state index < -0.39 is 34.7 Å². The standard InChI is InChI=1S/2C21H40O4.Mg/c2*1-3-4-5-6-7-8-9-10-11-12-13-14-15-16-17-18-19(22)21(2,25)20(23)24;/h2*25H,3-18H2,1-2H3,(H,23,24);/q;;+2/p-2. The maximum atomic E-state index is 11.6. The first-order chi connectivity index (χ1) is 23.8. The summed E-state index contributed by atoms with van der Waals surface area (Å²) in [7, 11) is 0. The number of unbranched alkanes of at least 4 members (excludes halogenated alkanes) is 28. The zero-order valence-electron chi connectivity index (χ0n) is 33.7. The number of carbonyl (C=O) groups is 4. The van der Waals surface area contributed by atoms with Crippen LogP contribution >= 0.6 is 0 Å². The molecule has 0 heterocycles. The van der Waals surface area contributed by atoms with E-state index in [1.165, 1.54) is 154 Å². The van der Waals surface area contributed by atoms with Crippen LogP contribution in [0.15, 0.2) is 0 Å². The summed E-state index contributed by atoms with van der Waals surface area (Å²) >= 11 is 0. The Bertz CT molecular complexity index is 775. The molecule has 0 aliphatic heterocycles. The zero-order chi connectivity index (χ0) is 37.9.